The first-order valence-electron chi connectivity index (χ1n) is 4.48. The van der Waals surface area contributed by atoms with Crippen LogP contribution in [0.15, 0.2) is 5.16 Å². The van der Waals surface area contributed by atoms with Crippen LogP contribution >= 0.6 is 11.8 Å². The van der Waals surface area contributed by atoms with Crippen molar-refractivity contribution in [1.82, 2.24) is 20.2 Å². The molecule has 0 saturated heterocycles. The molecule has 1 heterocycles. The first kappa shape index (κ1) is 12.4. The van der Waals surface area contributed by atoms with Crippen LogP contribution in [0.2, 0.25) is 0 Å². The predicted molar refractivity (Wildman–Crippen MR) is 54.6 cm³/mol. The Bertz CT molecular complexity index is 380. The summed E-state index contributed by atoms with van der Waals surface area (Å²) in [4.78, 5) is 20.9. The SMILES string of the molecule is NC(=O)CCCn1nnnc1SCC(=O)O. The van der Waals surface area contributed by atoms with E-state index in [-0.39, 0.29) is 18.1 Å². The number of amides is 1. The van der Waals surface area contributed by atoms with Crippen molar-refractivity contribution in [2.24, 2.45) is 5.73 Å². The van der Waals surface area contributed by atoms with Crippen molar-refractivity contribution in [2.45, 2.75) is 24.5 Å². The Balaban J connectivity index is 2.43. The lowest BCUT2D eigenvalue weighted by atomic mass is 10.3. The average Bonchev–Trinajstić information content (AvgIpc) is 2.62. The fraction of sp³-hybridized carbons (Fsp3) is 0.571. The van der Waals surface area contributed by atoms with Gasteiger partial charge in [-0.25, -0.2) is 4.68 Å². The summed E-state index contributed by atoms with van der Waals surface area (Å²) in [5.74, 6) is -1.42. The molecule has 0 aliphatic heterocycles. The lowest BCUT2D eigenvalue weighted by Gasteiger charge is -2.01. The summed E-state index contributed by atoms with van der Waals surface area (Å²) in [6.07, 6.45) is 0.782. The van der Waals surface area contributed by atoms with Crippen LogP contribution in [0, 0.1) is 0 Å². The summed E-state index contributed by atoms with van der Waals surface area (Å²) in [6.45, 7) is 0.442. The van der Waals surface area contributed by atoms with Gasteiger partial charge in [-0.2, -0.15) is 0 Å². The first-order chi connectivity index (χ1) is 7.59. The quantitative estimate of drug-likeness (QED) is 0.597. The summed E-state index contributed by atoms with van der Waals surface area (Å²) in [7, 11) is 0. The van der Waals surface area contributed by atoms with Crippen LogP contribution in [-0.4, -0.2) is 42.9 Å². The Morgan fingerprint density at radius 3 is 2.88 bits per heavy atom. The molecule has 0 bridgehead atoms. The van der Waals surface area contributed by atoms with Crippen molar-refractivity contribution < 1.29 is 14.7 Å². The fourth-order valence-electron chi connectivity index (χ4n) is 0.970. The average molecular weight is 245 g/mol. The smallest absolute Gasteiger partial charge is 0.313 e. The van der Waals surface area contributed by atoms with Gasteiger partial charge in [-0.05, 0) is 16.8 Å². The van der Waals surface area contributed by atoms with Crippen molar-refractivity contribution in [3.8, 4) is 0 Å². The van der Waals surface area contributed by atoms with Crippen LogP contribution in [0.25, 0.3) is 0 Å². The lowest BCUT2D eigenvalue weighted by Crippen LogP contribution is -2.12. The van der Waals surface area contributed by atoms with E-state index in [1.165, 1.54) is 4.68 Å². The second kappa shape index (κ2) is 6.05. The number of carboxylic acid groups (broad SMARTS) is 1. The van der Waals surface area contributed by atoms with Gasteiger partial charge in [-0.1, -0.05) is 11.8 Å². The summed E-state index contributed by atoms with van der Waals surface area (Å²) in [5, 5.41) is 19.7. The van der Waals surface area contributed by atoms with E-state index in [1.54, 1.807) is 0 Å². The van der Waals surface area contributed by atoms with E-state index in [4.69, 9.17) is 10.8 Å². The zero-order valence-corrected chi connectivity index (χ0v) is 9.18. The van der Waals surface area contributed by atoms with Crippen molar-refractivity contribution in [3.63, 3.8) is 0 Å². The van der Waals surface area contributed by atoms with Crippen LogP contribution in [0.5, 0.6) is 0 Å². The van der Waals surface area contributed by atoms with Gasteiger partial charge in [-0.15, -0.1) is 5.10 Å². The topological polar surface area (TPSA) is 124 Å². The second-order valence-corrected chi connectivity index (χ2v) is 3.88. The van der Waals surface area contributed by atoms with Gasteiger partial charge in [0, 0.05) is 13.0 Å². The summed E-state index contributed by atoms with van der Waals surface area (Å²) in [5.41, 5.74) is 4.99. The maximum atomic E-state index is 10.5. The van der Waals surface area contributed by atoms with Gasteiger partial charge in [-0.3, -0.25) is 9.59 Å². The first-order valence-corrected chi connectivity index (χ1v) is 5.47. The van der Waals surface area contributed by atoms with Gasteiger partial charge >= 0.3 is 5.97 Å². The van der Waals surface area contributed by atoms with Crippen molar-refractivity contribution >= 4 is 23.6 Å². The number of nitrogens with zero attached hydrogens (tertiary/aromatic N) is 4. The van der Waals surface area contributed by atoms with E-state index in [1.807, 2.05) is 0 Å². The molecule has 16 heavy (non-hydrogen) atoms. The van der Waals surface area contributed by atoms with Gasteiger partial charge in [0.1, 0.15) is 0 Å². The number of carboxylic acids is 1. The van der Waals surface area contributed by atoms with Crippen LogP contribution in [0.4, 0.5) is 0 Å². The van der Waals surface area contributed by atoms with Crippen molar-refractivity contribution in [3.05, 3.63) is 0 Å². The number of aryl methyl sites for hydroxylation is 1. The molecule has 0 aliphatic rings. The van der Waals surface area contributed by atoms with E-state index < -0.39 is 5.97 Å². The summed E-state index contributed by atoms with van der Waals surface area (Å²) in [6, 6.07) is 0. The number of nitrogens with two attached hydrogens (primary N) is 1. The number of aromatic nitrogens is 4. The molecule has 0 unspecified atom stereocenters. The summed E-state index contributed by atoms with van der Waals surface area (Å²) >= 11 is 1.03. The number of hydrogen-bond donors (Lipinski definition) is 2. The molecule has 3 N–H and O–H groups in total. The third-order valence-corrected chi connectivity index (χ3v) is 2.56. The number of thioether (sulfide) groups is 1. The fourth-order valence-corrected chi connectivity index (χ4v) is 1.59. The minimum Gasteiger partial charge on any atom is -0.481 e. The molecule has 0 saturated carbocycles. The highest BCUT2D eigenvalue weighted by atomic mass is 32.2. The predicted octanol–water partition coefficient (Wildman–Crippen LogP) is -0.885. The van der Waals surface area contributed by atoms with Crippen molar-refractivity contribution in [2.75, 3.05) is 5.75 Å². The van der Waals surface area contributed by atoms with Gasteiger partial charge in [0.15, 0.2) is 0 Å². The molecule has 9 heteroatoms. The molecule has 88 valence electrons. The zero-order valence-electron chi connectivity index (χ0n) is 8.37. The van der Waals surface area contributed by atoms with Gasteiger partial charge < -0.3 is 10.8 Å². The van der Waals surface area contributed by atoms with Crippen LogP contribution in [0.3, 0.4) is 0 Å². The highest BCUT2D eigenvalue weighted by Gasteiger charge is 2.08. The highest BCUT2D eigenvalue weighted by molar-refractivity contribution is 7.99. The number of aliphatic carboxylic acids is 1. The Hall–Kier alpha value is -1.64. The number of rotatable bonds is 7. The Morgan fingerprint density at radius 2 is 2.25 bits per heavy atom. The van der Waals surface area contributed by atoms with E-state index >= 15 is 0 Å². The highest BCUT2D eigenvalue weighted by Crippen LogP contribution is 2.13. The molecule has 0 radical (unpaired) electrons. The molecule has 0 spiro atoms. The largest absolute Gasteiger partial charge is 0.481 e. The standard InChI is InChI=1S/C7H11N5O3S/c8-5(13)2-1-3-12-7(9-10-11-12)16-4-6(14)15/h1-4H2,(H2,8,13)(H,14,15). The van der Waals surface area contributed by atoms with Gasteiger partial charge in [0.25, 0.3) is 0 Å². The molecular weight excluding hydrogens is 234 g/mol. The number of carbonyl (C=O) groups is 2. The monoisotopic (exact) mass is 245 g/mol. The molecule has 0 atom stereocenters. The molecule has 1 amide bonds. The summed E-state index contributed by atoms with van der Waals surface area (Å²) < 4.78 is 1.45. The number of hydrogen-bond acceptors (Lipinski definition) is 6. The molecular formula is C7H11N5O3S. The van der Waals surface area contributed by atoms with Crippen LogP contribution in [-0.2, 0) is 16.1 Å². The van der Waals surface area contributed by atoms with Crippen LogP contribution < -0.4 is 5.73 Å². The minimum atomic E-state index is -0.934. The Kier molecular flexibility index (Phi) is 4.70. The number of carbonyl (C=O) groups excluding carboxylic acids is 1. The third-order valence-electron chi connectivity index (χ3n) is 1.62. The van der Waals surface area contributed by atoms with Crippen molar-refractivity contribution in [1.29, 1.82) is 0 Å². The molecule has 0 aromatic carbocycles. The maximum Gasteiger partial charge on any atom is 0.313 e. The van der Waals surface area contributed by atoms with E-state index in [0.29, 0.717) is 18.1 Å². The van der Waals surface area contributed by atoms with Gasteiger partial charge in [0.05, 0.1) is 5.75 Å². The second-order valence-electron chi connectivity index (χ2n) is 2.94. The van der Waals surface area contributed by atoms with Gasteiger partial charge in [0.2, 0.25) is 11.1 Å². The minimum absolute atomic E-state index is 0.101. The zero-order chi connectivity index (χ0) is 12.0. The Labute approximate surface area is 95.2 Å². The van der Waals surface area contributed by atoms with E-state index in [9.17, 15) is 9.59 Å². The molecule has 0 fully saturated rings. The normalized spacial score (nSPS) is 10.2. The molecule has 8 nitrogen and oxygen atoms in total. The molecule has 1 rings (SSSR count). The number of tetrazole rings is 1. The van der Waals surface area contributed by atoms with Crippen LogP contribution in [0.1, 0.15) is 12.8 Å². The Morgan fingerprint density at radius 1 is 1.50 bits per heavy atom. The lowest BCUT2D eigenvalue weighted by molar-refractivity contribution is -0.133. The third kappa shape index (κ3) is 4.26. The molecule has 0 aliphatic carbocycles. The van der Waals surface area contributed by atoms with E-state index in [2.05, 4.69) is 15.5 Å². The van der Waals surface area contributed by atoms with E-state index in [0.717, 1.165) is 11.8 Å². The number of primary amides is 1. The molecule has 1 aromatic heterocycles. The molecule has 1 aromatic rings. The maximum absolute atomic E-state index is 10.5.